The van der Waals surface area contributed by atoms with Crippen molar-refractivity contribution in [3.05, 3.63) is 93.8 Å². The Balaban J connectivity index is 2.04. The summed E-state index contributed by atoms with van der Waals surface area (Å²) >= 11 is 6.33. The molecule has 0 bridgehead atoms. The molecule has 0 aliphatic carbocycles. The van der Waals surface area contributed by atoms with Gasteiger partial charge in [0.15, 0.2) is 5.78 Å². The Morgan fingerprint density at radius 1 is 0.929 bits per heavy atom. The summed E-state index contributed by atoms with van der Waals surface area (Å²) in [6, 6.07) is 15.4. The normalized spacial score (nSPS) is 10.6. The summed E-state index contributed by atoms with van der Waals surface area (Å²) in [6.45, 7) is 3.45. The number of anilines is 2. The summed E-state index contributed by atoms with van der Waals surface area (Å²) in [5.74, 6) is -0.696. The first-order chi connectivity index (χ1) is 13.3. The fraction of sp³-hybridized carbons (Fsp3) is 0.0909. The Labute approximate surface area is 166 Å². The number of carbonyl (C=O) groups excluding carboxylic acids is 1. The van der Waals surface area contributed by atoms with Gasteiger partial charge in [-0.2, -0.15) is 0 Å². The van der Waals surface area contributed by atoms with Crippen LogP contribution in [0.3, 0.4) is 0 Å². The summed E-state index contributed by atoms with van der Waals surface area (Å²) in [6.07, 6.45) is -1.25. The number of hydrogen-bond donors (Lipinski definition) is 1. The maximum Gasteiger partial charge on any atom is 0.416 e. The van der Waals surface area contributed by atoms with Crippen LogP contribution in [0.4, 0.5) is 20.6 Å². The number of rotatable bonds is 4. The Hall–Kier alpha value is -3.18. The van der Waals surface area contributed by atoms with Gasteiger partial charge in [-0.1, -0.05) is 35.9 Å². The highest BCUT2D eigenvalue weighted by atomic mass is 35.5. The van der Waals surface area contributed by atoms with E-state index in [9.17, 15) is 19.1 Å². The third-order valence-corrected chi connectivity index (χ3v) is 4.75. The molecular weight excluding hydrogens is 381 g/mol. The molecule has 0 radical (unpaired) electrons. The molecule has 1 amide bonds. The lowest BCUT2D eigenvalue weighted by Gasteiger charge is -2.22. The van der Waals surface area contributed by atoms with E-state index in [4.69, 9.17) is 11.6 Å². The van der Waals surface area contributed by atoms with E-state index in [-0.39, 0.29) is 22.1 Å². The topological polar surface area (TPSA) is 57.6 Å². The zero-order valence-corrected chi connectivity index (χ0v) is 16.0. The van der Waals surface area contributed by atoms with E-state index in [1.807, 2.05) is 19.1 Å². The first kappa shape index (κ1) is 19.6. The highest BCUT2D eigenvalue weighted by Crippen LogP contribution is 2.33. The second-order valence-corrected chi connectivity index (χ2v) is 6.76. The van der Waals surface area contributed by atoms with Gasteiger partial charge in [0.25, 0.3) is 0 Å². The van der Waals surface area contributed by atoms with Crippen LogP contribution < -0.4 is 4.90 Å². The molecule has 0 heterocycles. The monoisotopic (exact) mass is 397 g/mol. The second kappa shape index (κ2) is 7.82. The third-order valence-electron chi connectivity index (χ3n) is 4.44. The van der Waals surface area contributed by atoms with Gasteiger partial charge in [-0.3, -0.25) is 4.79 Å². The van der Waals surface area contributed by atoms with Crippen molar-refractivity contribution in [2.75, 3.05) is 4.90 Å². The SMILES string of the molecule is Cc1ccccc1C(=O)c1ccc(N(C(=O)O)c2ccc(F)cc2C)cc1Cl. The molecule has 4 nitrogen and oxygen atoms in total. The maximum atomic E-state index is 13.4. The first-order valence-electron chi connectivity index (χ1n) is 8.48. The van der Waals surface area contributed by atoms with Gasteiger partial charge in [0.05, 0.1) is 16.4 Å². The molecule has 0 aromatic heterocycles. The average molecular weight is 398 g/mol. The van der Waals surface area contributed by atoms with Crippen molar-refractivity contribution in [3.8, 4) is 0 Å². The highest BCUT2D eigenvalue weighted by molar-refractivity contribution is 6.35. The van der Waals surface area contributed by atoms with Gasteiger partial charge in [-0.15, -0.1) is 0 Å². The number of halogens is 2. The fourth-order valence-electron chi connectivity index (χ4n) is 3.02. The lowest BCUT2D eigenvalue weighted by molar-refractivity contribution is 0.103. The number of carbonyl (C=O) groups is 2. The lowest BCUT2D eigenvalue weighted by atomic mass is 9.99. The predicted octanol–water partition coefficient (Wildman–Crippen LogP) is 6.14. The number of aryl methyl sites for hydroxylation is 2. The van der Waals surface area contributed by atoms with Gasteiger partial charge >= 0.3 is 6.09 Å². The molecule has 0 saturated heterocycles. The minimum atomic E-state index is -1.25. The molecular formula is C22H17ClFNO3. The minimum absolute atomic E-state index is 0.136. The smallest absolute Gasteiger partial charge is 0.416 e. The highest BCUT2D eigenvalue weighted by Gasteiger charge is 2.22. The number of carboxylic acid groups (broad SMARTS) is 1. The molecule has 0 spiro atoms. The zero-order valence-electron chi connectivity index (χ0n) is 15.2. The van der Waals surface area contributed by atoms with Crippen molar-refractivity contribution in [1.29, 1.82) is 0 Å². The quantitative estimate of drug-likeness (QED) is 0.537. The largest absolute Gasteiger partial charge is 0.464 e. The molecule has 3 aromatic rings. The Bertz CT molecular complexity index is 1080. The predicted molar refractivity (Wildman–Crippen MR) is 107 cm³/mol. The van der Waals surface area contributed by atoms with Crippen molar-refractivity contribution >= 4 is 34.9 Å². The number of ketones is 1. The van der Waals surface area contributed by atoms with Gasteiger partial charge in [-0.25, -0.2) is 14.1 Å². The van der Waals surface area contributed by atoms with E-state index in [0.29, 0.717) is 16.8 Å². The van der Waals surface area contributed by atoms with Gasteiger partial charge in [0.2, 0.25) is 0 Å². The molecule has 142 valence electrons. The molecule has 6 heteroatoms. The molecule has 0 saturated carbocycles. The van der Waals surface area contributed by atoms with Gasteiger partial charge in [0.1, 0.15) is 5.82 Å². The summed E-state index contributed by atoms with van der Waals surface area (Å²) in [4.78, 5) is 25.7. The number of benzene rings is 3. The number of hydrogen-bond acceptors (Lipinski definition) is 2. The van der Waals surface area contributed by atoms with Crippen molar-refractivity contribution in [2.24, 2.45) is 0 Å². The minimum Gasteiger partial charge on any atom is -0.464 e. The van der Waals surface area contributed by atoms with Crippen LogP contribution in [0.5, 0.6) is 0 Å². The van der Waals surface area contributed by atoms with Crippen molar-refractivity contribution in [1.82, 2.24) is 0 Å². The Morgan fingerprint density at radius 3 is 2.25 bits per heavy atom. The average Bonchev–Trinajstić information content (AvgIpc) is 2.63. The molecule has 3 rings (SSSR count). The van der Waals surface area contributed by atoms with Crippen LogP contribution in [0.2, 0.25) is 5.02 Å². The van der Waals surface area contributed by atoms with Crippen LogP contribution in [0, 0.1) is 19.7 Å². The molecule has 0 aliphatic heterocycles. The second-order valence-electron chi connectivity index (χ2n) is 6.36. The summed E-state index contributed by atoms with van der Waals surface area (Å²) in [5.41, 5.74) is 2.65. The third kappa shape index (κ3) is 3.75. The van der Waals surface area contributed by atoms with E-state index in [2.05, 4.69) is 0 Å². The summed E-state index contributed by atoms with van der Waals surface area (Å²) in [5, 5.41) is 9.82. The Morgan fingerprint density at radius 2 is 1.64 bits per heavy atom. The van der Waals surface area contributed by atoms with E-state index >= 15 is 0 Å². The molecule has 28 heavy (non-hydrogen) atoms. The van der Waals surface area contributed by atoms with Crippen molar-refractivity contribution < 1.29 is 19.1 Å². The Kier molecular flexibility index (Phi) is 5.47. The van der Waals surface area contributed by atoms with Crippen LogP contribution in [-0.4, -0.2) is 17.0 Å². The number of nitrogens with zero attached hydrogens (tertiary/aromatic N) is 1. The lowest BCUT2D eigenvalue weighted by Crippen LogP contribution is -2.24. The molecule has 3 aromatic carbocycles. The van der Waals surface area contributed by atoms with Crippen molar-refractivity contribution in [3.63, 3.8) is 0 Å². The van der Waals surface area contributed by atoms with E-state index in [1.54, 1.807) is 19.1 Å². The van der Waals surface area contributed by atoms with Crippen LogP contribution in [0.25, 0.3) is 0 Å². The molecule has 0 unspecified atom stereocenters. The van der Waals surface area contributed by atoms with Crippen LogP contribution in [0.1, 0.15) is 27.0 Å². The van der Waals surface area contributed by atoms with E-state index in [1.165, 1.54) is 36.4 Å². The number of amides is 1. The maximum absolute atomic E-state index is 13.4. The van der Waals surface area contributed by atoms with E-state index < -0.39 is 11.9 Å². The van der Waals surface area contributed by atoms with Gasteiger partial charge in [0, 0.05) is 11.1 Å². The van der Waals surface area contributed by atoms with Crippen LogP contribution in [-0.2, 0) is 0 Å². The van der Waals surface area contributed by atoms with Gasteiger partial charge < -0.3 is 5.11 Å². The first-order valence-corrected chi connectivity index (χ1v) is 8.86. The summed E-state index contributed by atoms with van der Waals surface area (Å²) in [7, 11) is 0. The van der Waals surface area contributed by atoms with Crippen molar-refractivity contribution in [2.45, 2.75) is 13.8 Å². The fourth-order valence-corrected chi connectivity index (χ4v) is 3.28. The van der Waals surface area contributed by atoms with Crippen LogP contribution >= 0.6 is 11.6 Å². The standard InChI is InChI=1S/C22H17ClFNO3/c1-13-5-3-4-6-17(13)21(26)18-9-8-16(12-19(18)23)25(22(27)28)20-10-7-15(24)11-14(20)2/h3-12H,1-2H3,(H,27,28). The van der Waals surface area contributed by atoms with Gasteiger partial charge in [-0.05, 0) is 61.4 Å². The molecule has 0 fully saturated rings. The molecule has 0 atom stereocenters. The van der Waals surface area contributed by atoms with E-state index in [0.717, 1.165) is 10.5 Å². The molecule has 0 aliphatic rings. The zero-order chi connectivity index (χ0) is 20.4. The van der Waals surface area contributed by atoms with Crippen LogP contribution in [0.15, 0.2) is 60.7 Å². The summed E-state index contributed by atoms with van der Waals surface area (Å²) < 4.78 is 13.4. The molecule has 1 N–H and O–H groups in total.